The molecule has 3 heteroatoms. The molecule has 0 bridgehead atoms. The van der Waals surface area contributed by atoms with E-state index in [9.17, 15) is 4.79 Å². The van der Waals surface area contributed by atoms with Gasteiger partial charge in [0.1, 0.15) is 6.29 Å². The van der Waals surface area contributed by atoms with Crippen LogP contribution in [0.4, 0.5) is 0 Å². The van der Waals surface area contributed by atoms with Gasteiger partial charge in [-0.05, 0) is 19.8 Å². The number of nitrogens with zero attached hydrogens (tertiary/aromatic N) is 1. The Morgan fingerprint density at radius 3 is 3.00 bits per heavy atom. The van der Waals surface area contributed by atoms with Gasteiger partial charge in [0.25, 0.3) is 0 Å². The molecule has 0 aliphatic carbocycles. The van der Waals surface area contributed by atoms with Gasteiger partial charge in [0, 0.05) is 11.3 Å². The Morgan fingerprint density at radius 2 is 2.50 bits per heavy atom. The highest BCUT2D eigenvalue weighted by atomic mass is 32.1. The summed E-state index contributed by atoms with van der Waals surface area (Å²) < 4.78 is 0. The largest absolute Gasteiger partial charge is 0.303 e. The third-order valence-electron chi connectivity index (χ3n) is 1.75. The summed E-state index contributed by atoms with van der Waals surface area (Å²) in [6.07, 6.45) is 2.83. The molecule has 0 amide bonds. The van der Waals surface area contributed by atoms with Crippen LogP contribution in [0.2, 0.25) is 0 Å². The van der Waals surface area contributed by atoms with Gasteiger partial charge in [0.2, 0.25) is 0 Å². The molecule has 66 valence electrons. The lowest BCUT2D eigenvalue weighted by molar-refractivity contribution is -0.110. The van der Waals surface area contributed by atoms with Crippen LogP contribution in [0, 0.1) is 12.8 Å². The van der Waals surface area contributed by atoms with Gasteiger partial charge in [-0.3, -0.25) is 0 Å². The van der Waals surface area contributed by atoms with E-state index in [-0.39, 0.29) is 5.92 Å². The molecule has 1 aromatic rings. The van der Waals surface area contributed by atoms with Crippen molar-refractivity contribution in [3.05, 3.63) is 16.1 Å². The summed E-state index contributed by atoms with van der Waals surface area (Å²) in [5, 5.41) is 3.16. The van der Waals surface area contributed by atoms with E-state index in [2.05, 4.69) is 10.4 Å². The number of carbonyl (C=O) groups excluding carboxylic acids is 1. The molecule has 0 aliphatic heterocycles. The number of aromatic nitrogens is 1. The van der Waals surface area contributed by atoms with Gasteiger partial charge in [0.15, 0.2) is 0 Å². The molecule has 1 unspecified atom stereocenters. The molecular formula is C9H13NOS. The maximum atomic E-state index is 10.3. The first kappa shape index (κ1) is 9.39. The Labute approximate surface area is 76.6 Å². The zero-order valence-corrected chi connectivity index (χ0v) is 8.23. The number of aldehydes is 1. The molecule has 1 atom stereocenters. The summed E-state index contributed by atoms with van der Waals surface area (Å²) in [6, 6.07) is 0. The molecular weight excluding hydrogens is 170 g/mol. The highest BCUT2D eigenvalue weighted by molar-refractivity contribution is 7.09. The third kappa shape index (κ3) is 2.74. The quantitative estimate of drug-likeness (QED) is 0.670. The Kier molecular flexibility index (Phi) is 3.41. The van der Waals surface area contributed by atoms with Crippen molar-refractivity contribution in [3.63, 3.8) is 0 Å². The maximum absolute atomic E-state index is 10.3. The highest BCUT2D eigenvalue weighted by Gasteiger charge is 2.02. The summed E-state index contributed by atoms with van der Waals surface area (Å²) in [5.41, 5.74) is 1.12. The van der Waals surface area contributed by atoms with E-state index >= 15 is 0 Å². The predicted molar refractivity (Wildman–Crippen MR) is 50.4 cm³/mol. The van der Waals surface area contributed by atoms with Crippen LogP contribution < -0.4 is 0 Å². The monoisotopic (exact) mass is 183 g/mol. The number of rotatable bonds is 4. The first-order chi connectivity index (χ1) is 5.72. The Morgan fingerprint density at radius 1 is 1.75 bits per heavy atom. The van der Waals surface area contributed by atoms with Crippen molar-refractivity contribution in [2.24, 2.45) is 5.92 Å². The van der Waals surface area contributed by atoms with Gasteiger partial charge in [-0.1, -0.05) is 6.92 Å². The first-order valence-corrected chi connectivity index (χ1v) is 4.96. The number of hydrogen-bond acceptors (Lipinski definition) is 3. The molecule has 1 aromatic heterocycles. The fourth-order valence-corrected chi connectivity index (χ4v) is 1.61. The van der Waals surface area contributed by atoms with Crippen LogP contribution in [-0.4, -0.2) is 11.3 Å². The Bertz CT molecular complexity index is 257. The minimum absolute atomic E-state index is 0.159. The molecule has 1 heterocycles. The van der Waals surface area contributed by atoms with Crippen LogP contribution in [0.25, 0.3) is 0 Å². The van der Waals surface area contributed by atoms with Crippen LogP contribution in [0.3, 0.4) is 0 Å². The standard InChI is InChI=1S/C9H13NOS/c1-7(5-11)3-4-9-6-12-8(2)10-9/h5-7H,3-4H2,1-2H3. The molecule has 0 radical (unpaired) electrons. The number of carbonyl (C=O) groups is 1. The molecule has 0 N–H and O–H groups in total. The zero-order valence-electron chi connectivity index (χ0n) is 7.41. The van der Waals surface area contributed by atoms with Gasteiger partial charge in [-0.25, -0.2) is 4.98 Å². The maximum Gasteiger partial charge on any atom is 0.122 e. The number of hydrogen-bond donors (Lipinski definition) is 0. The van der Waals surface area contributed by atoms with E-state index in [0.717, 1.165) is 29.8 Å². The van der Waals surface area contributed by atoms with E-state index in [4.69, 9.17) is 0 Å². The average Bonchev–Trinajstić information content (AvgIpc) is 2.47. The molecule has 1 rings (SSSR count). The fourth-order valence-electron chi connectivity index (χ4n) is 0.967. The molecule has 0 aromatic carbocycles. The second kappa shape index (κ2) is 4.36. The Balaban J connectivity index is 2.37. The smallest absolute Gasteiger partial charge is 0.122 e. The van der Waals surface area contributed by atoms with Crippen LogP contribution >= 0.6 is 11.3 Å². The van der Waals surface area contributed by atoms with Gasteiger partial charge in [-0.2, -0.15) is 0 Å². The fraction of sp³-hybridized carbons (Fsp3) is 0.556. The molecule has 0 saturated carbocycles. The van der Waals surface area contributed by atoms with E-state index < -0.39 is 0 Å². The average molecular weight is 183 g/mol. The number of aryl methyl sites for hydroxylation is 2. The van der Waals surface area contributed by atoms with E-state index in [1.165, 1.54) is 0 Å². The minimum atomic E-state index is 0.159. The molecule has 0 fully saturated rings. The third-order valence-corrected chi connectivity index (χ3v) is 2.58. The van der Waals surface area contributed by atoms with Crippen LogP contribution in [0.15, 0.2) is 5.38 Å². The van der Waals surface area contributed by atoms with E-state index in [0.29, 0.717) is 0 Å². The lowest BCUT2D eigenvalue weighted by atomic mass is 10.1. The van der Waals surface area contributed by atoms with Crippen molar-refractivity contribution >= 4 is 17.6 Å². The van der Waals surface area contributed by atoms with Crippen LogP contribution in [-0.2, 0) is 11.2 Å². The summed E-state index contributed by atoms with van der Waals surface area (Å²) in [7, 11) is 0. The summed E-state index contributed by atoms with van der Waals surface area (Å²) in [4.78, 5) is 14.6. The molecule has 0 saturated heterocycles. The van der Waals surface area contributed by atoms with Crippen molar-refractivity contribution in [2.45, 2.75) is 26.7 Å². The molecule has 12 heavy (non-hydrogen) atoms. The summed E-state index contributed by atoms with van der Waals surface area (Å²) in [5.74, 6) is 0.159. The zero-order chi connectivity index (χ0) is 8.97. The molecule has 0 spiro atoms. The lowest BCUT2D eigenvalue weighted by Crippen LogP contribution is -1.98. The summed E-state index contributed by atoms with van der Waals surface area (Å²) in [6.45, 7) is 3.93. The number of thiazole rings is 1. The van der Waals surface area contributed by atoms with Crippen molar-refractivity contribution in [3.8, 4) is 0 Å². The first-order valence-electron chi connectivity index (χ1n) is 4.08. The van der Waals surface area contributed by atoms with Gasteiger partial charge >= 0.3 is 0 Å². The predicted octanol–water partition coefficient (Wildman–Crippen LogP) is 2.22. The SMILES string of the molecule is Cc1nc(CCC(C)C=O)cs1. The molecule has 0 aliphatic rings. The van der Waals surface area contributed by atoms with Crippen LogP contribution in [0.5, 0.6) is 0 Å². The highest BCUT2D eigenvalue weighted by Crippen LogP contribution is 2.11. The summed E-state index contributed by atoms with van der Waals surface area (Å²) >= 11 is 1.66. The Hall–Kier alpha value is -0.700. The van der Waals surface area contributed by atoms with Gasteiger partial charge in [0.05, 0.1) is 10.7 Å². The molecule has 2 nitrogen and oxygen atoms in total. The van der Waals surface area contributed by atoms with Crippen LogP contribution in [0.1, 0.15) is 24.0 Å². The van der Waals surface area contributed by atoms with Crippen molar-refractivity contribution in [2.75, 3.05) is 0 Å². The van der Waals surface area contributed by atoms with Crippen molar-refractivity contribution in [1.29, 1.82) is 0 Å². The topological polar surface area (TPSA) is 30.0 Å². The van der Waals surface area contributed by atoms with Gasteiger partial charge < -0.3 is 4.79 Å². The lowest BCUT2D eigenvalue weighted by Gasteiger charge is -1.99. The van der Waals surface area contributed by atoms with Gasteiger partial charge in [-0.15, -0.1) is 11.3 Å². The second-order valence-corrected chi connectivity index (χ2v) is 4.07. The normalized spacial score (nSPS) is 12.8. The second-order valence-electron chi connectivity index (χ2n) is 3.01. The van der Waals surface area contributed by atoms with Crippen molar-refractivity contribution in [1.82, 2.24) is 4.98 Å². The van der Waals surface area contributed by atoms with E-state index in [1.54, 1.807) is 11.3 Å². The van der Waals surface area contributed by atoms with E-state index in [1.807, 2.05) is 13.8 Å². The minimum Gasteiger partial charge on any atom is -0.303 e. The van der Waals surface area contributed by atoms with Crippen molar-refractivity contribution < 1.29 is 4.79 Å².